The Kier molecular flexibility index (Phi) is 4.42. The summed E-state index contributed by atoms with van der Waals surface area (Å²) in [5.74, 6) is 0.943. The number of hydrazine groups is 1. The number of nitrogens with one attached hydrogen (secondary N) is 1. The number of hydrogen-bond acceptors (Lipinski definition) is 3. The molecule has 0 spiro atoms. The molecule has 0 radical (unpaired) electrons. The molecule has 0 unspecified atom stereocenters. The van der Waals surface area contributed by atoms with Crippen molar-refractivity contribution in [1.29, 1.82) is 0 Å². The first-order valence-corrected chi connectivity index (χ1v) is 6.51. The number of rotatable bonds is 3. The highest BCUT2D eigenvalue weighted by atomic mass is 15.5. The van der Waals surface area contributed by atoms with Crippen LogP contribution in [0.5, 0.6) is 0 Å². The lowest BCUT2D eigenvalue weighted by molar-refractivity contribution is 0.0941. The molecule has 0 bridgehead atoms. The van der Waals surface area contributed by atoms with Crippen LogP contribution < -0.4 is 5.43 Å². The predicted octanol–water partition coefficient (Wildman–Crippen LogP) is 1.32. The van der Waals surface area contributed by atoms with Gasteiger partial charge in [-0.05, 0) is 25.8 Å². The summed E-state index contributed by atoms with van der Waals surface area (Å²) < 4.78 is 0. The molecule has 2 aliphatic rings. The number of piperazine rings is 1. The highest BCUT2D eigenvalue weighted by Gasteiger charge is 2.16. The predicted molar refractivity (Wildman–Crippen MR) is 63.6 cm³/mol. The van der Waals surface area contributed by atoms with Crippen LogP contribution in [0.25, 0.3) is 0 Å². The van der Waals surface area contributed by atoms with E-state index in [1.54, 1.807) is 0 Å². The molecule has 1 aliphatic heterocycles. The third-order valence-corrected chi connectivity index (χ3v) is 3.83. The quantitative estimate of drug-likeness (QED) is 0.759. The van der Waals surface area contributed by atoms with Crippen LogP contribution in [0.4, 0.5) is 0 Å². The van der Waals surface area contributed by atoms with Crippen LogP contribution in [0.2, 0.25) is 0 Å². The third-order valence-electron chi connectivity index (χ3n) is 3.83. The molecule has 0 atom stereocenters. The van der Waals surface area contributed by atoms with Crippen molar-refractivity contribution in [3.8, 4) is 0 Å². The van der Waals surface area contributed by atoms with Crippen LogP contribution in [-0.4, -0.2) is 49.7 Å². The molecule has 0 aromatic rings. The van der Waals surface area contributed by atoms with Crippen molar-refractivity contribution in [1.82, 2.24) is 15.3 Å². The maximum atomic E-state index is 3.62. The standard InChI is InChI=1S/C12H25N3/c1-14-7-9-15(10-8-14)13-11-12-5-3-2-4-6-12/h12-13H,2-11H2,1H3. The Morgan fingerprint density at radius 3 is 2.33 bits per heavy atom. The molecule has 3 nitrogen and oxygen atoms in total. The summed E-state index contributed by atoms with van der Waals surface area (Å²) in [5, 5.41) is 2.41. The maximum Gasteiger partial charge on any atom is 0.0259 e. The van der Waals surface area contributed by atoms with Crippen LogP contribution in [0, 0.1) is 5.92 Å². The topological polar surface area (TPSA) is 18.5 Å². The van der Waals surface area contributed by atoms with Crippen molar-refractivity contribution in [2.45, 2.75) is 32.1 Å². The molecule has 1 heterocycles. The van der Waals surface area contributed by atoms with Gasteiger partial charge in [0.1, 0.15) is 0 Å². The SMILES string of the molecule is CN1CCN(NCC2CCCCC2)CC1. The largest absolute Gasteiger partial charge is 0.304 e. The number of nitrogens with zero attached hydrogens (tertiary/aromatic N) is 2. The summed E-state index contributed by atoms with van der Waals surface area (Å²) >= 11 is 0. The van der Waals surface area contributed by atoms with Gasteiger partial charge in [-0.2, -0.15) is 0 Å². The van der Waals surface area contributed by atoms with E-state index in [-0.39, 0.29) is 0 Å². The van der Waals surface area contributed by atoms with Crippen molar-refractivity contribution < 1.29 is 0 Å². The zero-order valence-corrected chi connectivity index (χ0v) is 10.0. The fraction of sp³-hybridized carbons (Fsp3) is 1.00. The van der Waals surface area contributed by atoms with Crippen molar-refractivity contribution in [2.24, 2.45) is 5.92 Å². The lowest BCUT2D eigenvalue weighted by Crippen LogP contribution is -2.51. The number of likely N-dealkylation sites (N-methyl/N-ethyl adjacent to an activating group) is 1. The first-order chi connectivity index (χ1) is 7.34. The van der Waals surface area contributed by atoms with Crippen LogP contribution in [0.1, 0.15) is 32.1 Å². The van der Waals surface area contributed by atoms with Crippen LogP contribution in [0.15, 0.2) is 0 Å². The molecule has 0 amide bonds. The van der Waals surface area contributed by atoms with Gasteiger partial charge in [-0.25, -0.2) is 5.01 Å². The van der Waals surface area contributed by atoms with Gasteiger partial charge >= 0.3 is 0 Å². The summed E-state index contributed by atoms with van der Waals surface area (Å²) in [7, 11) is 2.21. The minimum Gasteiger partial charge on any atom is -0.304 e. The highest BCUT2D eigenvalue weighted by molar-refractivity contribution is 4.70. The Morgan fingerprint density at radius 2 is 1.67 bits per heavy atom. The van der Waals surface area contributed by atoms with E-state index in [4.69, 9.17) is 0 Å². The Balaban J connectivity index is 1.60. The van der Waals surface area contributed by atoms with Crippen molar-refractivity contribution in [2.75, 3.05) is 39.8 Å². The van der Waals surface area contributed by atoms with Crippen LogP contribution in [0.3, 0.4) is 0 Å². The normalized spacial score (nSPS) is 27.0. The van der Waals surface area contributed by atoms with Crippen LogP contribution in [-0.2, 0) is 0 Å². The molecule has 0 aromatic heterocycles. The molecule has 0 aromatic carbocycles. The smallest absolute Gasteiger partial charge is 0.0259 e. The lowest BCUT2D eigenvalue weighted by Gasteiger charge is -2.34. The minimum atomic E-state index is 0.943. The second-order valence-electron chi connectivity index (χ2n) is 5.16. The zero-order valence-electron chi connectivity index (χ0n) is 10.0. The summed E-state index contributed by atoms with van der Waals surface area (Å²) in [4.78, 5) is 2.40. The van der Waals surface area contributed by atoms with E-state index in [2.05, 4.69) is 22.4 Å². The monoisotopic (exact) mass is 211 g/mol. The molecule has 3 heteroatoms. The van der Waals surface area contributed by atoms with Gasteiger partial charge in [0.2, 0.25) is 0 Å². The molecule has 1 saturated heterocycles. The molecular formula is C12H25N3. The van der Waals surface area contributed by atoms with E-state index in [1.165, 1.54) is 64.8 Å². The van der Waals surface area contributed by atoms with Crippen LogP contribution >= 0.6 is 0 Å². The van der Waals surface area contributed by atoms with Gasteiger partial charge < -0.3 is 4.90 Å². The maximum absolute atomic E-state index is 3.62. The van der Waals surface area contributed by atoms with Crippen molar-refractivity contribution in [3.05, 3.63) is 0 Å². The van der Waals surface area contributed by atoms with Gasteiger partial charge in [-0.3, -0.25) is 5.43 Å². The minimum absolute atomic E-state index is 0.943. The van der Waals surface area contributed by atoms with E-state index in [9.17, 15) is 0 Å². The first kappa shape index (κ1) is 11.4. The first-order valence-electron chi connectivity index (χ1n) is 6.51. The molecule has 1 aliphatic carbocycles. The van der Waals surface area contributed by atoms with E-state index in [0.29, 0.717) is 0 Å². The Labute approximate surface area is 93.8 Å². The van der Waals surface area contributed by atoms with Gasteiger partial charge in [0, 0.05) is 32.7 Å². The van der Waals surface area contributed by atoms with Gasteiger partial charge in [0.15, 0.2) is 0 Å². The summed E-state index contributed by atoms with van der Waals surface area (Å²) in [6.07, 6.45) is 7.26. The van der Waals surface area contributed by atoms with E-state index in [1.807, 2.05) is 0 Å². The fourth-order valence-electron chi connectivity index (χ4n) is 2.61. The zero-order chi connectivity index (χ0) is 10.5. The molecule has 1 saturated carbocycles. The lowest BCUT2D eigenvalue weighted by atomic mass is 9.89. The summed E-state index contributed by atoms with van der Waals surface area (Å²) in [6.45, 7) is 5.99. The van der Waals surface area contributed by atoms with Gasteiger partial charge in [-0.1, -0.05) is 19.3 Å². The Morgan fingerprint density at radius 1 is 1.00 bits per heavy atom. The second-order valence-corrected chi connectivity index (χ2v) is 5.16. The highest BCUT2D eigenvalue weighted by Crippen LogP contribution is 2.22. The van der Waals surface area contributed by atoms with Crippen molar-refractivity contribution >= 4 is 0 Å². The second kappa shape index (κ2) is 5.83. The van der Waals surface area contributed by atoms with Crippen molar-refractivity contribution in [3.63, 3.8) is 0 Å². The van der Waals surface area contributed by atoms with E-state index < -0.39 is 0 Å². The molecule has 15 heavy (non-hydrogen) atoms. The molecular weight excluding hydrogens is 186 g/mol. The van der Waals surface area contributed by atoms with Gasteiger partial charge in [0.05, 0.1) is 0 Å². The number of hydrogen-bond donors (Lipinski definition) is 1. The summed E-state index contributed by atoms with van der Waals surface area (Å²) in [5.41, 5.74) is 3.62. The molecule has 2 fully saturated rings. The molecule has 88 valence electrons. The molecule has 1 N–H and O–H groups in total. The van der Waals surface area contributed by atoms with E-state index in [0.717, 1.165) is 5.92 Å². The fourth-order valence-corrected chi connectivity index (χ4v) is 2.61. The van der Waals surface area contributed by atoms with E-state index >= 15 is 0 Å². The Hall–Kier alpha value is -0.120. The van der Waals surface area contributed by atoms with Gasteiger partial charge in [0.25, 0.3) is 0 Å². The summed E-state index contributed by atoms with van der Waals surface area (Å²) in [6, 6.07) is 0. The Bertz CT molecular complexity index is 170. The average Bonchev–Trinajstić information content (AvgIpc) is 2.30. The third kappa shape index (κ3) is 3.74. The average molecular weight is 211 g/mol. The van der Waals surface area contributed by atoms with Gasteiger partial charge in [-0.15, -0.1) is 0 Å². The molecule has 2 rings (SSSR count).